The van der Waals surface area contributed by atoms with Gasteiger partial charge in [0.1, 0.15) is 5.76 Å². The third kappa shape index (κ3) is 5.09. The van der Waals surface area contributed by atoms with Gasteiger partial charge < -0.3 is 24.4 Å². The van der Waals surface area contributed by atoms with E-state index in [2.05, 4.69) is 13.8 Å². The molecule has 0 radical (unpaired) electrons. The molecule has 34 heavy (non-hydrogen) atoms. The summed E-state index contributed by atoms with van der Waals surface area (Å²) < 4.78 is 10.6. The molecular weight excluding hydrogens is 432 g/mol. The maximum absolute atomic E-state index is 13.2. The Hall–Kier alpha value is -3.32. The molecule has 0 saturated carbocycles. The van der Waals surface area contributed by atoms with E-state index in [1.165, 1.54) is 14.2 Å². The van der Waals surface area contributed by atoms with Gasteiger partial charge in [-0.2, -0.15) is 0 Å². The van der Waals surface area contributed by atoms with E-state index in [1.54, 1.807) is 23.1 Å². The normalized spacial score (nSPS) is 17.6. The summed E-state index contributed by atoms with van der Waals surface area (Å²) in [6, 6.07) is 12.1. The van der Waals surface area contributed by atoms with Gasteiger partial charge in [-0.25, -0.2) is 0 Å². The van der Waals surface area contributed by atoms with Crippen molar-refractivity contribution in [3.63, 3.8) is 0 Å². The molecule has 7 heteroatoms. The fourth-order valence-electron chi connectivity index (χ4n) is 4.22. The van der Waals surface area contributed by atoms with E-state index in [0.717, 1.165) is 17.7 Å². The molecule has 0 aromatic heterocycles. The third-order valence-electron chi connectivity index (χ3n) is 6.12. The summed E-state index contributed by atoms with van der Waals surface area (Å²) in [7, 11) is 6.96. The number of benzene rings is 2. The number of likely N-dealkylation sites (tertiary alicyclic amines) is 1. The fourth-order valence-corrected chi connectivity index (χ4v) is 4.22. The molecule has 0 bridgehead atoms. The van der Waals surface area contributed by atoms with E-state index in [0.29, 0.717) is 35.9 Å². The molecule has 1 heterocycles. The Morgan fingerprint density at radius 3 is 2.24 bits per heavy atom. The molecule has 2 aromatic rings. The number of aliphatic hydroxyl groups excluding tert-OH is 1. The van der Waals surface area contributed by atoms with Crippen LogP contribution in [0.15, 0.2) is 48.0 Å². The number of hydrogen-bond acceptors (Lipinski definition) is 6. The van der Waals surface area contributed by atoms with Gasteiger partial charge in [0.05, 0.1) is 25.8 Å². The number of ether oxygens (including phenoxy) is 2. The van der Waals surface area contributed by atoms with Crippen LogP contribution in [-0.2, 0) is 9.59 Å². The molecule has 1 amide bonds. The van der Waals surface area contributed by atoms with Crippen LogP contribution in [0.2, 0.25) is 0 Å². The molecule has 182 valence electrons. The zero-order valence-electron chi connectivity index (χ0n) is 20.8. The van der Waals surface area contributed by atoms with Gasteiger partial charge in [-0.05, 0) is 62.3 Å². The first kappa shape index (κ1) is 25.3. The van der Waals surface area contributed by atoms with Crippen molar-refractivity contribution in [3.8, 4) is 11.5 Å². The van der Waals surface area contributed by atoms with Crippen molar-refractivity contribution in [2.24, 2.45) is 0 Å². The maximum Gasteiger partial charge on any atom is 0.295 e. The van der Waals surface area contributed by atoms with Gasteiger partial charge in [0, 0.05) is 12.1 Å². The van der Waals surface area contributed by atoms with Crippen molar-refractivity contribution in [3.05, 3.63) is 64.7 Å². The predicted octanol–water partition coefficient (Wildman–Crippen LogP) is 4.20. The summed E-state index contributed by atoms with van der Waals surface area (Å²) in [5, 5.41) is 11.3. The second-order valence-electron chi connectivity index (χ2n) is 9.04. The third-order valence-corrected chi connectivity index (χ3v) is 6.12. The molecule has 1 fully saturated rings. The minimum absolute atomic E-state index is 0.0827. The summed E-state index contributed by atoms with van der Waals surface area (Å²) in [5.74, 6) is -0.234. The molecule has 1 aliphatic rings. The van der Waals surface area contributed by atoms with Crippen LogP contribution < -0.4 is 9.47 Å². The number of carbonyl (C=O) groups is 2. The number of hydrogen-bond donors (Lipinski definition) is 1. The predicted molar refractivity (Wildman–Crippen MR) is 132 cm³/mol. The van der Waals surface area contributed by atoms with Gasteiger partial charge in [-0.1, -0.05) is 38.1 Å². The lowest BCUT2D eigenvalue weighted by molar-refractivity contribution is -0.139. The molecule has 3 rings (SSSR count). The first-order valence-corrected chi connectivity index (χ1v) is 11.4. The Labute approximate surface area is 201 Å². The van der Waals surface area contributed by atoms with Crippen LogP contribution in [0.5, 0.6) is 11.5 Å². The van der Waals surface area contributed by atoms with Gasteiger partial charge in [-0.3, -0.25) is 9.59 Å². The van der Waals surface area contributed by atoms with E-state index in [9.17, 15) is 14.7 Å². The van der Waals surface area contributed by atoms with Crippen molar-refractivity contribution < 1.29 is 24.2 Å². The number of amides is 1. The number of Topliss-reactive ketones (excluding diaryl/α,β-unsaturated/α-hetero) is 1. The van der Waals surface area contributed by atoms with Crippen LogP contribution in [0, 0.1) is 0 Å². The van der Waals surface area contributed by atoms with Crippen LogP contribution >= 0.6 is 0 Å². The molecule has 1 saturated heterocycles. The van der Waals surface area contributed by atoms with Crippen LogP contribution in [-0.4, -0.2) is 68.0 Å². The van der Waals surface area contributed by atoms with E-state index in [-0.39, 0.29) is 11.3 Å². The largest absolute Gasteiger partial charge is 0.507 e. The summed E-state index contributed by atoms with van der Waals surface area (Å²) in [4.78, 5) is 29.9. The van der Waals surface area contributed by atoms with E-state index >= 15 is 0 Å². The zero-order valence-corrected chi connectivity index (χ0v) is 20.8. The topological polar surface area (TPSA) is 79.3 Å². The first-order valence-electron chi connectivity index (χ1n) is 11.4. The van der Waals surface area contributed by atoms with Crippen LogP contribution in [0.4, 0.5) is 0 Å². The van der Waals surface area contributed by atoms with E-state index < -0.39 is 17.7 Å². The Kier molecular flexibility index (Phi) is 7.99. The average molecular weight is 467 g/mol. The Morgan fingerprint density at radius 1 is 1.03 bits per heavy atom. The van der Waals surface area contributed by atoms with Crippen molar-refractivity contribution in [2.45, 2.75) is 32.2 Å². The highest BCUT2D eigenvalue weighted by atomic mass is 16.5. The Morgan fingerprint density at radius 2 is 1.68 bits per heavy atom. The molecular formula is C27H34N2O5. The number of aliphatic hydroxyl groups is 1. The second kappa shape index (κ2) is 10.7. The number of ketones is 1. The van der Waals surface area contributed by atoms with Crippen LogP contribution in [0.3, 0.4) is 0 Å². The SMILES string of the molecule is COc1ccc(C(O)=C2C(=O)C(=O)N(CCCN(C)C)C2c2ccc(C(C)C)cc2)cc1OC. The van der Waals surface area contributed by atoms with Crippen molar-refractivity contribution in [2.75, 3.05) is 41.4 Å². The highest BCUT2D eigenvalue weighted by molar-refractivity contribution is 6.46. The lowest BCUT2D eigenvalue weighted by Crippen LogP contribution is -2.32. The van der Waals surface area contributed by atoms with Gasteiger partial charge in [0.25, 0.3) is 11.7 Å². The molecule has 1 aliphatic heterocycles. The summed E-state index contributed by atoms with van der Waals surface area (Å²) in [6.07, 6.45) is 0.705. The second-order valence-corrected chi connectivity index (χ2v) is 9.04. The summed E-state index contributed by atoms with van der Waals surface area (Å²) in [5.41, 5.74) is 2.41. The van der Waals surface area contributed by atoms with Gasteiger partial charge in [0.15, 0.2) is 11.5 Å². The minimum atomic E-state index is -0.685. The fraction of sp³-hybridized carbons (Fsp3) is 0.407. The standard InChI is InChI=1S/C27H34N2O5/c1-17(2)18-8-10-19(11-9-18)24-23(26(31)27(32)29(24)15-7-14-28(3)4)25(30)20-12-13-21(33-5)22(16-20)34-6/h8-13,16-17,24,30H,7,14-15H2,1-6H3. The van der Waals surface area contributed by atoms with Crippen molar-refractivity contribution >= 4 is 17.4 Å². The highest BCUT2D eigenvalue weighted by Gasteiger charge is 2.45. The highest BCUT2D eigenvalue weighted by Crippen LogP contribution is 2.41. The molecule has 0 aliphatic carbocycles. The van der Waals surface area contributed by atoms with Gasteiger partial charge in [0.2, 0.25) is 0 Å². The van der Waals surface area contributed by atoms with E-state index in [4.69, 9.17) is 9.47 Å². The average Bonchev–Trinajstić information content (AvgIpc) is 3.07. The zero-order chi connectivity index (χ0) is 25.0. The van der Waals surface area contributed by atoms with Crippen LogP contribution in [0.25, 0.3) is 5.76 Å². The minimum Gasteiger partial charge on any atom is -0.507 e. The molecule has 1 unspecified atom stereocenters. The number of rotatable bonds is 9. The number of nitrogens with zero attached hydrogens (tertiary/aromatic N) is 2. The summed E-state index contributed by atoms with van der Waals surface area (Å²) in [6.45, 7) is 5.40. The van der Waals surface area contributed by atoms with Crippen molar-refractivity contribution in [1.82, 2.24) is 9.80 Å². The summed E-state index contributed by atoms with van der Waals surface area (Å²) >= 11 is 0. The molecule has 7 nitrogen and oxygen atoms in total. The monoisotopic (exact) mass is 466 g/mol. The molecule has 2 aromatic carbocycles. The lowest BCUT2D eigenvalue weighted by atomic mass is 9.93. The smallest absolute Gasteiger partial charge is 0.295 e. The first-order chi connectivity index (χ1) is 16.2. The molecule has 0 spiro atoms. The molecule has 1 N–H and O–H groups in total. The van der Waals surface area contributed by atoms with Gasteiger partial charge in [-0.15, -0.1) is 0 Å². The molecule has 1 atom stereocenters. The Balaban J connectivity index is 2.12. The van der Waals surface area contributed by atoms with Crippen molar-refractivity contribution in [1.29, 1.82) is 0 Å². The van der Waals surface area contributed by atoms with Crippen LogP contribution in [0.1, 0.15) is 48.9 Å². The Bertz CT molecular complexity index is 1070. The number of methoxy groups -OCH3 is 2. The van der Waals surface area contributed by atoms with Gasteiger partial charge >= 0.3 is 0 Å². The quantitative estimate of drug-likeness (QED) is 0.339. The number of carbonyl (C=O) groups excluding carboxylic acids is 2. The lowest BCUT2D eigenvalue weighted by Gasteiger charge is -2.26. The maximum atomic E-state index is 13.2. The van der Waals surface area contributed by atoms with E-state index in [1.807, 2.05) is 43.3 Å².